The number of thioether (sulfide) groups is 1. The van der Waals surface area contributed by atoms with Crippen LogP contribution >= 0.6 is 11.8 Å². The average molecular weight is 352 g/mol. The molecule has 1 aliphatic heterocycles. The minimum atomic E-state index is -0.377. The summed E-state index contributed by atoms with van der Waals surface area (Å²) in [6.07, 6.45) is 0. The standard InChI is InChI=1S/C21H20O3S/c1-21(2,3)20(23)25-16-11-9-14(10-12-16)17-13-24-19(22)18(17)15-7-5-4-6-8-15/h4-12H,13H2,1-3H3. The van der Waals surface area contributed by atoms with Crippen LogP contribution in [0, 0.1) is 5.41 Å². The first-order chi connectivity index (χ1) is 11.9. The van der Waals surface area contributed by atoms with Gasteiger partial charge in [-0.15, -0.1) is 0 Å². The van der Waals surface area contributed by atoms with E-state index in [1.807, 2.05) is 75.4 Å². The topological polar surface area (TPSA) is 43.4 Å². The van der Waals surface area contributed by atoms with Crippen molar-refractivity contribution in [2.45, 2.75) is 25.7 Å². The summed E-state index contributed by atoms with van der Waals surface area (Å²) in [4.78, 5) is 25.2. The van der Waals surface area contributed by atoms with Crippen molar-refractivity contribution in [1.29, 1.82) is 0 Å². The molecule has 0 saturated heterocycles. The minimum absolute atomic E-state index is 0.129. The summed E-state index contributed by atoms with van der Waals surface area (Å²) < 4.78 is 5.25. The molecule has 0 unspecified atom stereocenters. The fourth-order valence-corrected chi connectivity index (χ4v) is 3.31. The molecular weight excluding hydrogens is 332 g/mol. The van der Waals surface area contributed by atoms with E-state index in [2.05, 4.69) is 0 Å². The predicted octanol–water partition coefficient (Wildman–Crippen LogP) is 4.82. The highest BCUT2D eigenvalue weighted by molar-refractivity contribution is 8.13. The lowest BCUT2D eigenvalue weighted by Gasteiger charge is -2.15. The third kappa shape index (κ3) is 3.85. The van der Waals surface area contributed by atoms with Gasteiger partial charge in [0.2, 0.25) is 0 Å². The van der Waals surface area contributed by atoms with Crippen molar-refractivity contribution < 1.29 is 14.3 Å². The van der Waals surface area contributed by atoms with Gasteiger partial charge in [0.1, 0.15) is 6.61 Å². The lowest BCUT2D eigenvalue weighted by atomic mass is 9.97. The fourth-order valence-electron chi connectivity index (χ4n) is 2.51. The van der Waals surface area contributed by atoms with Gasteiger partial charge in [-0.05, 0) is 23.3 Å². The molecule has 1 aliphatic rings. The summed E-state index contributed by atoms with van der Waals surface area (Å²) in [6, 6.07) is 17.3. The molecule has 0 saturated carbocycles. The molecule has 2 aromatic carbocycles. The Morgan fingerprint density at radius 2 is 1.60 bits per heavy atom. The highest BCUT2D eigenvalue weighted by atomic mass is 32.2. The van der Waals surface area contributed by atoms with E-state index in [1.54, 1.807) is 0 Å². The van der Waals surface area contributed by atoms with Crippen LogP contribution in [-0.4, -0.2) is 17.7 Å². The summed E-state index contributed by atoms with van der Waals surface area (Å²) in [5.74, 6) is -0.289. The largest absolute Gasteiger partial charge is 0.457 e. The number of esters is 1. The third-order valence-electron chi connectivity index (χ3n) is 3.94. The highest BCUT2D eigenvalue weighted by Gasteiger charge is 2.27. The Morgan fingerprint density at radius 1 is 0.960 bits per heavy atom. The van der Waals surface area contributed by atoms with Gasteiger partial charge in [0, 0.05) is 15.9 Å². The van der Waals surface area contributed by atoms with Gasteiger partial charge < -0.3 is 4.74 Å². The number of hydrogen-bond donors (Lipinski definition) is 0. The van der Waals surface area contributed by atoms with Crippen molar-refractivity contribution in [1.82, 2.24) is 0 Å². The summed E-state index contributed by atoms with van der Waals surface area (Å²) in [5, 5.41) is 0.129. The Bertz CT molecular complexity index is 828. The second-order valence-electron chi connectivity index (χ2n) is 6.96. The Balaban J connectivity index is 1.90. The van der Waals surface area contributed by atoms with Crippen LogP contribution in [0.2, 0.25) is 0 Å². The van der Waals surface area contributed by atoms with Gasteiger partial charge in [-0.2, -0.15) is 0 Å². The molecule has 3 rings (SSSR count). The second kappa shape index (κ2) is 6.89. The molecule has 2 aromatic rings. The van der Waals surface area contributed by atoms with Crippen molar-refractivity contribution in [3.8, 4) is 0 Å². The molecule has 1 heterocycles. The number of carbonyl (C=O) groups is 2. The summed E-state index contributed by atoms with van der Waals surface area (Å²) in [7, 11) is 0. The van der Waals surface area contributed by atoms with E-state index >= 15 is 0 Å². The first-order valence-corrected chi connectivity index (χ1v) is 8.96. The van der Waals surface area contributed by atoms with Crippen LogP contribution in [0.25, 0.3) is 11.1 Å². The van der Waals surface area contributed by atoms with Gasteiger partial charge in [-0.25, -0.2) is 4.79 Å². The van der Waals surface area contributed by atoms with Gasteiger partial charge in [0.15, 0.2) is 5.12 Å². The monoisotopic (exact) mass is 352 g/mol. The van der Waals surface area contributed by atoms with Crippen LogP contribution in [0.1, 0.15) is 31.9 Å². The Morgan fingerprint density at radius 3 is 2.20 bits per heavy atom. The van der Waals surface area contributed by atoms with E-state index in [0.29, 0.717) is 5.57 Å². The van der Waals surface area contributed by atoms with Crippen molar-refractivity contribution >= 4 is 34.0 Å². The SMILES string of the molecule is CC(C)(C)C(=O)Sc1ccc(C2=C(c3ccccc3)C(=O)OC2)cc1. The van der Waals surface area contributed by atoms with Crippen molar-refractivity contribution in [2.24, 2.45) is 5.41 Å². The zero-order valence-corrected chi connectivity index (χ0v) is 15.4. The minimum Gasteiger partial charge on any atom is -0.457 e. The summed E-state index contributed by atoms with van der Waals surface area (Å²) in [6.45, 7) is 6.01. The molecule has 0 aliphatic carbocycles. The molecule has 0 spiro atoms. The lowest BCUT2D eigenvalue weighted by molar-refractivity contribution is -0.133. The summed E-state index contributed by atoms with van der Waals surface area (Å²) in [5.41, 5.74) is 2.93. The van der Waals surface area contributed by atoms with Gasteiger partial charge in [0.25, 0.3) is 0 Å². The maximum atomic E-state index is 12.2. The molecule has 128 valence electrons. The molecule has 0 N–H and O–H groups in total. The number of cyclic esters (lactones) is 1. The van der Waals surface area contributed by atoms with Gasteiger partial charge in [0.05, 0.1) is 5.57 Å². The number of ether oxygens (including phenoxy) is 1. The van der Waals surface area contributed by atoms with Crippen LogP contribution in [-0.2, 0) is 14.3 Å². The van der Waals surface area contributed by atoms with Gasteiger partial charge >= 0.3 is 5.97 Å². The fraction of sp³-hybridized carbons (Fsp3) is 0.238. The molecule has 0 radical (unpaired) electrons. The first kappa shape index (κ1) is 17.5. The zero-order chi connectivity index (χ0) is 18.0. The van der Waals surface area contributed by atoms with E-state index in [0.717, 1.165) is 21.6 Å². The van der Waals surface area contributed by atoms with Crippen LogP contribution in [0.3, 0.4) is 0 Å². The van der Waals surface area contributed by atoms with Crippen LogP contribution in [0.4, 0.5) is 0 Å². The molecule has 0 aromatic heterocycles. The lowest BCUT2D eigenvalue weighted by Crippen LogP contribution is -2.16. The molecule has 25 heavy (non-hydrogen) atoms. The molecule has 3 nitrogen and oxygen atoms in total. The van der Waals surface area contributed by atoms with E-state index in [-0.39, 0.29) is 23.1 Å². The van der Waals surface area contributed by atoms with Crippen molar-refractivity contribution in [3.05, 3.63) is 65.7 Å². The van der Waals surface area contributed by atoms with E-state index < -0.39 is 0 Å². The Hall–Kier alpha value is -2.33. The Labute approximate surface area is 152 Å². The average Bonchev–Trinajstić information content (AvgIpc) is 2.97. The number of carbonyl (C=O) groups excluding carboxylic acids is 2. The number of hydrogen-bond acceptors (Lipinski definition) is 4. The molecule has 4 heteroatoms. The van der Waals surface area contributed by atoms with Crippen LogP contribution in [0.5, 0.6) is 0 Å². The maximum absolute atomic E-state index is 12.2. The molecule has 0 bridgehead atoms. The number of benzene rings is 2. The van der Waals surface area contributed by atoms with E-state index in [4.69, 9.17) is 4.74 Å². The summed E-state index contributed by atoms with van der Waals surface area (Å²) >= 11 is 1.25. The molecule has 0 fully saturated rings. The van der Waals surface area contributed by atoms with Gasteiger partial charge in [-0.3, -0.25) is 4.79 Å². The second-order valence-corrected chi connectivity index (χ2v) is 8.01. The van der Waals surface area contributed by atoms with Crippen LogP contribution in [0.15, 0.2) is 59.5 Å². The van der Waals surface area contributed by atoms with Crippen molar-refractivity contribution in [3.63, 3.8) is 0 Å². The molecular formula is C21H20O3S. The number of rotatable bonds is 3. The van der Waals surface area contributed by atoms with E-state index in [9.17, 15) is 9.59 Å². The zero-order valence-electron chi connectivity index (χ0n) is 14.5. The van der Waals surface area contributed by atoms with E-state index in [1.165, 1.54) is 11.8 Å². The predicted molar refractivity (Wildman–Crippen MR) is 101 cm³/mol. The molecule has 0 atom stereocenters. The first-order valence-electron chi connectivity index (χ1n) is 8.14. The maximum Gasteiger partial charge on any atom is 0.339 e. The quantitative estimate of drug-likeness (QED) is 0.587. The van der Waals surface area contributed by atoms with Crippen molar-refractivity contribution in [2.75, 3.05) is 6.61 Å². The Kier molecular flexibility index (Phi) is 4.82. The molecule has 0 amide bonds. The third-order valence-corrected chi connectivity index (χ3v) is 5.25. The van der Waals surface area contributed by atoms with Gasteiger partial charge in [-0.1, -0.05) is 75.0 Å². The van der Waals surface area contributed by atoms with Crippen LogP contribution < -0.4 is 0 Å². The normalized spacial score (nSPS) is 14.6. The smallest absolute Gasteiger partial charge is 0.339 e. The highest BCUT2D eigenvalue weighted by Crippen LogP contribution is 2.34.